The third kappa shape index (κ3) is 4.80. The van der Waals surface area contributed by atoms with Crippen molar-refractivity contribution in [2.75, 3.05) is 6.61 Å². The molecule has 0 bridgehead atoms. The molecule has 4 heterocycles. The molecule has 34 heavy (non-hydrogen) atoms. The van der Waals surface area contributed by atoms with E-state index in [9.17, 15) is 4.79 Å². The maximum atomic E-state index is 13.0. The van der Waals surface area contributed by atoms with Crippen LogP contribution in [0.25, 0.3) is 10.9 Å². The van der Waals surface area contributed by atoms with Gasteiger partial charge in [0.15, 0.2) is 5.82 Å². The van der Waals surface area contributed by atoms with Crippen LogP contribution in [0.4, 0.5) is 0 Å². The monoisotopic (exact) mass is 462 g/mol. The molecule has 1 fully saturated rings. The second-order valence-electron chi connectivity index (χ2n) is 8.98. The number of ether oxygens (including phenoxy) is 1. The molecule has 1 aromatic carbocycles. The van der Waals surface area contributed by atoms with Gasteiger partial charge < -0.3 is 14.1 Å². The van der Waals surface area contributed by atoms with Crippen LogP contribution in [0, 0.1) is 6.92 Å². The molecule has 3 aromatic heterocycles. The minimum Gasteiger partial charge on any atom is -0.468 e. The van der Waals surface area contributed by atoms with Crippen LogP contribution in [0.3, 0.4) is 0 Å². The van der Waals surface area contributed by atoms with Gasteiger partial charge in [-0.15, -0.1) is 5.10 Å². The van der Waals surface area contributed by atoms with Crippen LogP contribution < -0.4 is 5.56 Å². The van der Waals surface area contributed by atoms with Crippen LogP contribution in [-0.2, 0) is 24.4 Å². The fourth-order valence-electron chi connectivity index (χ4n) is 4.75. The molecule has 0 saturated carbocycles. The van der Waals surface area contributed by atoms with E-state index in [-0.39, 0.29) is 17.7 Å². The predicted molar refractivity (Wildman–Crippen MR) is 127 cm³/mol. The molecule has 4 aromatic rings. The number of aryl methyl sites for hydroxylation is 1. The van der Waals surface area contributed by atoms with Gasteiger partial charge in [0.2, 0.25) is 0 Å². The number of rotatable bonds is 9. The number of fused-ring (bicyclic) bond motifs is 1. The van der Waals surface area contributed by atoms with E-state index in [0.717, 1.165) is 53.9 Å². The van der Waals surface area contributed by atoms with E-state index in [1.807, 2.05) is 35.0 Å². The van der Waals surface area contributed by atoms with Crippen LogP contribution >= 0.6 is 0 Å². The summed E-state index contributed by atoms with van der Waals surface area (Å²) in [6, 6.07) is 11.7. The van der Waals surface area contributed by atoms with Crippen LogP contribution in [-0.4, -0.2) is 42.8 Å². The molecule has 0 amide bonds. The number of aromatic amines is 1. The molecule has 1 aliphatic heterocycles. The van der Waals surface area contributed by atoms with E-state index in [0.29, 0.717) is 25.2 Å². The molecule has 2 atom stereocenters. The summed E-state index contributed by atoms with van der Waals surface area (Å²) < 4.78 is 13.3. The lowest BCUT2D eigenvalue weighted by Crippen LogP contribution is -2.33. The average molecular weight is 463 g/mol. The predicted octanol–water partition coefficient (Wildman–Crippen LogP) is 3.75. The van der Waals surface area contributed by atoms with E-state index >= 15 is 0 Å². The van der Waals surface area contributed by atoms with Crippen LogP contribution in [0.15, 0.2) is 51.9 Å². The SMILES string of the molecule is CC[C@@H](c1nnnn1C[C@@H]1CCCO1)N(Cc1ccco1)Cc1cc2cc(C)ccc2[nH]c1=O. The van der Waals surface area contributed by atoms with Crippen molar-refractivity contribution in [1.82, 2.24) is 30.1 Å². The molecule has 0 spiro atoms. The van der Waals surface area contributed by atoms with Gasteiger partial charge in [-0.3, -0.25) is 9.69 Å². The quantitative estimate of drug-likeness (QED) is 0.404. The Kier molecular flexibility index (Phi) is 6.55. The van der Waals surface area contributed by atoms with Crippen molar-refractivity contribution in [3.05, 3.63) is 75.7 Å². The first kappa shape index (κ1) is 22.5. The summed E-state index contributed by atoms with van der Waals surface area (Å²) >= 11 is 0. The number of hydrogen-bond acceptors (Lipinski definition) is 7. The molecule has 0 radical (unpaired) electrons. The molecule has 9 nitrogen and oxygen atoms in total. The Balaban J connectivity index is 1.48. The standard InChI is InChI=1S/C25H30N6O3/c1-3-23(24-27-28-29-31(24)16-21-7-5-11-34-21)30(15-20-6-4-10-33-20)14-19-13-18-12-17(2)8-9-22(18)26-25(19)32/h4,6,8-10,12-13,21,23H,3,5,7,11,14-16H2,1-2H3,(H,26,32)/t21-,23-/m0/s1. The number of furan rings is 1. The number of nitrogens with one attached hydrogen (secondary N) is 1. The Hall–Kier alpha value is -3.30. The molecule has 9 heteroatoms. The largest absolute Gasteiger partial charge is 0.468 e. The lowest BCUT2D eigenvalue weighted by atomic mass is 10.1. The Labute approximate surface area is 197 Å². The second kappa shape index (κ2) is 9.90. The summed E-state index contributed by atoms with van der Waals surface area (Å²) in [6.45, 7) is 6.54. The number of tetrazole rings is 1. The summed E-state index contributed by atoms with van der Waals surface area (Å²) in [5, 5.41) is 13.6. The summed E-state index contributed by atoms with van der Waals surface area (Å²) in [6.07, 6.45) is 4.65. The van der Waals surface area contributed by atoms with E-state index in [2.05, 4.69) is 45.3 Å². The van der Waals surface area contributed by atoms with Gasteiger partial charge >= 0.3 is 0 Å². The van der Waals surface area contributed by atoms with Gasteiger partial charge in [-0.05, 0) is 72.3 Å². The van der Waals surface area contributed by atoms with E-state index < -0.39 is 0 Å². The van der Waals surface area contributed by atoms with Gasteiger partial charge in [-0.1, -0.05) is 18.6 Å². The fraction of sp³-hybridized carbons (Fsp3) is 0.440. The van der Waals surface area contributed by atoms with E-state index in [4.69, 9.17) is 9.15 Å². The van der Waals surface area contributed by atoms with Crippen LogP contribution in [0.5, 0.6) is 0 Å². The minimum absolute atomic E-state index is 0.0883. The lowest BCUT2D eigenvalue weighted by molar-refractivity contribution is 0.0882. The number of hydrogen-bond donors (Lipinski definition) is 1. The molecule has 1 N–H and O–H groups in total. The van der Waals surface area contributed by atoms with Crippen LogP contribution in [0.1, 0.15) is 54.9 Å². The highest BCUT2D eigenvalue weighted by atomic mass is 16.5. The number of aromatic nitrogens is 5. The topological polar surface area (TPSA) is 102 Å². The highest BCUT2D eigenvalue weighted by Gasteiger charge is 2.28. The van der Waals surface area contributed by atoms with Gasteiger partial charge in [0.25, 0.3) is 5.56 Å². The number of H-pyrrole nitrogens is 1. The maximum absolute atomic E-state index is 13.0. The Morgan fingerprint density at radius 1 is 1.26 bits per heavy atom. The zero-order valence-electron chi connectivity index (χ0n) is 19.6. The zero-order chi connectivity index (χ0) is 23.5. The van der Waals surface area contributed by atoms with Crippen molar-refractivity contribution >= 4 is 10.9 Å². The molecular formula is C25H30N6O3. The van der Waals surface area contributed by atoms with Gasteiger partial charge in [-0.2, -0.15) is 0 Å². The average Bonchev–Trinajstić information content (AvgIpc) is 3.60. The first-order valence-electron chi connectivity index (χ1n) is 11.9. The van der Waals surface area contributed by atoms with Crippen molar-refractivity contribution in [2.24, 2.45) is 0 Å². The molecule has 1 aliphatic rings. The summed E-state index contributed by atoms with van der Waals surface area (Å²) in [5.41, 5.74) is 2.60. The smallest absolute Gasteiger partial charge is 0.252 e. The molecule has 5 rings (SSSR count). The zero-order valence-corrected chi connectivity index (χ0v) is 19.6. The van der Waals surface area contributed by atoms with Crippen molar-refractivity contribution in [1.29, 1.82) is 0 Å². The Morgan fingerprint density at radius 3 is 2.94 bits per heavy atom. The highest BCUT2D eigenvalue weighted by molar-refractivity contribution is 5.79. The summed E-state index contributed by atoms with van der Waals surface area (Å²) in [4.78, 5) is 18.2. The molecule has 0 unspecified atom stereocenters. The van der Waals surface area contributed by atoms with Gasteiger partial charge in [0.05, 0.1) is 31.5 Å². The first-order chi connectivity index (χ1) is 16.6. The second-order valence-corrected chi connectivity index (χ2v) is 8.98. The van der Waals surface area contributed by atoms with Gasteiger partial charge in [-0.25, -0.2) is 4.68 Å². The van der Waals surface area contributed by atoms with E-state index in [1.165, 1.54) is 0 Å². The number of nitrogens with zero attached hydrogens (tertiary/aromatic N) is 5. The van der Waals surface area contributed by atoms with E-state index in [1.54, 1.807) is 6.26 Å². The number of pyridine rings is 1. The molecular weight excluding hydrogens is 432 g/mol. The minimum atomic E-state index is -0.103. The Morgan fingerprint density at radius 2 is 2.18 bits per heavy atom. The van der Waals surface area contributed by atoms with Crippen molar-refractivity contribution in [3.8, 4) is 0 Å². The Bertz CT molecular complexity index is 1290. The van der Waals surface area contributed by atoms with Gasteiger partial charge in [0, 0.05) is 24.2 Å². The third-order valence-corrected chi connectivity index (χ3v) is 6.47. The third-order valence-electron chi connectivity index (χ3n) is 6.47. The molecule has 178 valence electrons. The van der Waals surface area contributed by atoms with Crippen molar-refractivity contribution in [3.63, 3.8) is 0 Å². The summed E-state index contributed by atoms with van der Waals surface area (Å²) in [5.74, 6) is 1.60. The van der Waals surface area contributed by atoms with Crippen molar-refractivity contribution in [2.45, 2.75) is 64.9 Å². The molecule has 1 saturated heterocycles. The maximum Gasteiger partial charge on any atom is 0.252 e. The molecule has 0 aliphatic carbocycles. The normalized spacial score (nSPS) is 17.1. The van der Waals surface area contributed by atoms with Gasteiger partial charge in [0.1, 0.15) is 5.76 Å². The fourth-order valence-corrected chi connectivity index (χ4v) is 4.75. The summed E-state index contributed by atoms with van der Waals surface area (Å²) in [7, 11) is 0. The van der Waals surface area contributed by atoms with Crippen LogP contribution in [0.2, 0.25) is 0 Å². The lowest BCUT2D eigenvalue weighted by Gasteiger charge is -2.29. The van der Waals surface area contributed by atoms with Crippen molar-refractivity contribution < 1.29 is 9.15 Å². The highest BCUT2D eigenvalue weighted by Crippen LogP contribution is 2.27. The first-order valence-corrected chi connectivity index (χ1v) is 11.9. The number of benzene rings is 1.